The molecule has 0 bridgehead atoms. The molecule has 0 aliphatic heterocycles. The highest BCUT2D eigenvalue weighted by atomic mass is 16.1. The zero-order chi connectivity index (χ0) is 17.9. The normalized spacial score (nSPS) is 11.0. The van der Waals surface area contributed by atoms with Crippen LogP contribution in [-0.2, 0) is 17.8 Å². The molecule has 3 aromatic heterocycles. The summed E-state index contributed by atoms with van der Waals surface area (Å²) in [5, 5.41) is 11.3. The molecule has 0 aliphatic carbocycles. The van der Waals surface area contributed by atoms with Gasteiger partial charge >= 0.3 is 0 Å². The molecule has 8 heteroatoms. The van der Waals surface area contributed by atoms with Crippen molar-refractivity contribution in [2.24, 2.45) is 0 Å². The van der Waals surface area contributed by atoms with Crippen LogP contribution in [0.25, 0.3) is 17.0 Å². The van der Waals surface area contributed by atoms with E-state index < -0.39 is 0 Å². The molecule has 8 nitrogen and oxygen atoms in total. The van der Waals surface area contributed by atoms with E-state index in [0.717, 1.165) is 16.8 Å². The smallest absolute Gasteiger partial charge is 0.227 e. The van der Waals surface area contributed by atoms with Gasteiger partial charge in [-0.15, -0.1) is 0 Å². The molecule has 0 unspecified atom stereocenters. The average molecular weight is 347 g/mol. The molecule has 0 aliphatic rings. The summed E-state index contributed by atoms with van der Waals surface area (Å²) in [7, 11) is 1.60. The van der Waals surface area contributed by atoms with E-state index in [1.54, 1.807) is 11.6 Å². The van der Waals surface area contributed by atoms with E-state index in [4.69, 9.17) is 0 Å². The maximum atomic E-state index is 11.7. The minimum atomic E-state index is -0.125. The summed E-state index contributed by atoms with van der Waals surface area (Å²) < 4.78 is 3.50. The van der Waals surface area contributed by atoms with Crippen molar-refractivity contribution in [3.8, 4) is 11.4 Å². The van der Waals surface area contributed by atoms with Gasteiger partial charge in [-0.05, 0) is 17.7 Å². The van der Waals surface area contributed by atoms with E-state index in [-0.39, 0.29) is 12.3 Å². The van der Waals surface area contributed by atoms with Gasteiger partial charge in [0.25, 0.3) is 0 Å². The number of nitrogens with one attached hydrogen (secondary N) is 1. The largest absolute Gasteiger partial charge is 0.359 e. The van der Waals surface area contributed by atoms with Gasteiger partial charge < -0.3 is 5.32 Å². The Morgan fingerprint density at radius 3 is 2.81 bits per heavy atom. The van der Waals surface area contributed by atoms with Crippen LogP contribution in [0.2, 0.25) is 0 Å². The predicted molar refractivity (Wildman–Crippen MR) is 95.3 cm³/mol. The van der Waals surface area contributed by atoms with Gasteiger partial charge in [0.05, 0.1) is 13.0 Å². The third kappa shape index (κ3) is 3.16. The number of amides is 1. The summed E-state index contributed by atoms with van der Waals surface area (Å²) in [5.74, 6) is 1.04. The van der Waals surface area contributed by atoms with Crippen LogP contribution in [0.4, 0.5) is 0 Å². The predicted octanol–water partition coefficient (Wildman–Crippen LogP) is 1.32. The molecule has 0 saturated carbocycles. The second-order valence-corrected chi connectivity index (χ2v) is 5.83. The summed E-state index contributed by atoms with van der Waals surface area (Å²) in [6.07, 6.45) is 3.50. The van der Waals surface area contributed by atoms with E-state index in [1.807, 2.05) is 53.3 Å². The molecule has 1 amide bonds. The first kappa shape index (κ1) is 15.9. The van der Waals surface area contributed by atoms with Crippen LogP contribution >= 0.6 is 0 Å². The van der Waals surface area contributed by atoms with Crippen molar-refractivity contribution in [3.63, 3.8) is 0 Å². The monoisotopic (exact) mass is 347 g/mol. The highest BCUT2D eigenvalue weighted by Gasteiger charge is 2.15. The van der Waals surface area contributed by atoms with Gasteiger partial charge in [-0.25, -0.2) is 19.2 Å². The Balaban J connectivity index is 1.76. The lowest BCUT2D eigenvalue weighted by Gasteiger charge is -2.06. The SMILES string of the molecule is CNC(=O)Cc1nc(-c2ccc3ncnn3c2)n(Cc2ccccc2)n1. The zero-order valence-electron chi connectivity index (χ0n) is 14.2. The summed E-state index contributed by atoms with van der Waals surface area (Å²) >= 11 is 0. The molecule has 1 N–H and O–H groups in total. The Hall–Kier alpha value is -3.55. The van der Waals surface area contributed by atoms with Gasteiger partial charge in [-0.1, -0.05) is 30.3 Å². The Bertz CT molecular complexity index is 1050. The van der Waals surface area contributed by atoms with Crippen LogP contribution < -0.4 is 5.32 Å². The van der Waals surface area contributed by atoms with Gasteiger partial charge in [0.1, 0.15) is 6.33 Å². The number of nitrogens with zero attached hydrogens (tertiary/aromatic N) is 6. The molecule has 26 heavy (non-hydrogen) atoms. The number of hydrogen-bond acceptors (Lipinski definition) is 5. The third-order valence-electron chi connectivity index (χ3n) is 4.02. The van der Waals surface area contributed by atoms with Gasteiger partial charge in [-0.2, -0.15) is 10.2 Å². The van der Waals surface area contributed by atoms with Crippen molar-refractivity contribution in [1.29, 1.82) is 0 Å². The molecule has 0 fully saturated rings. The molecule has 0 radical (unpaired) electrons. The molecule has 1 aromatic carbocycles. The fourth-order valence-electron chi connectivity index (χ4n) is 2.73. The lowest BCUT2D eigenvalue weighted by atomic mass is 10.2. The van der Waals surface area contributed by atoms with Crippen molar-refractivity contribution < 1.29 is 4.79 Å². The van der Waals surface area contributed by atoms with E-state index in [1.165, 1.54) is 6.33 Å². The minimum absolute atomic E-state index is 0.125. The molecule has 4 rings (SSSR count). The number of aromatic nitrogens is 6. The maximum Gasteiger partial charge on any atom is 0.227 e. The number of likely N-dealkylation sites (N-methyl/N-ethyl adjacent to an activating group) is 1. The standard InChI is InChI=1S/C18H17N7O/c1-19-17(26)9-15-22-18(14-7-8-16-20-12-21-24(16)11-14)25(23-15)10-13-5-3-2-4-6-13/h2-8,11-12H,9-10H2,1H3,(H,19,26). The Morgan fingerprint density at radius 1 is 1.15 bits per heavy atom. The second kappa shape index (κ2) is 6.75. The first-order valence-electron chi connectivity index (χ1n) is 8.21. The van der Waals surface area contributed by atoms with Crippen LogP contribution in [0, 0.1) is 0 Å². The van der Waals surface area contributed by atoms with Crippen molar-refractivity contribution in [2.45, 2.75) is 13.0 Å². The first-order chi connectivity index (χ1) is 12.7. The molecular formula is C18H17N7O. The molecule has 0 atom stereocenters. The summed E-state index contributed by atoms with van der Waals surface area (Å²) in [6, 6.07) is 13.8. The third-order valence-corrected chi connectivity index (χ3v) is 4.02. The fourth-order valence-corrected chi connectivity index (χ4v) is 2.73. The average Bonchev–Trinajstić information content (AvgIpc) is 3.28. The molecule has 4 aromatic rings. The summed E-state index contributed by atoms with van der Waals surface area (Å²) in [4.78, 5) is 20.5. The molecule has 130 valence electrons. The van der Waals surface area contributed by atoms with Crippen LogP contribution in [0.15, 0.2) is 55.0 Å². The number of hydrogen-bond donors (Lipinski definition) is 1. The minimum Gasteiger partial charge on any atom is -0.359 e. The van der Waals surface area contributed by atoms with Crippen LogP contribution in [0.1, 0.15) is 11.4 Å². The first-order valence-corrected chi connectivity index (χ1v) is 8.21. The lowest BCUT2D eigenvalue weighted by Crippen LogP contribution is -2.20. The Morgan fingerprint density at radius 2 is 2.00 bits per heavy atom. The fraction of sp³-hybridized carbons (Fsp3) is 0.167. The van der Waals surface area contributed by atoms with Gasteiger partial charge in [0.15, 0.2) is 17.3 Å². The van der Waals surface area contributed by atoms with E-state index in [0.29, 0.717) is 18.2 Å². The summed E-state index contributed by atoms with van der Waals surface area (Å²) in [5.41, 5.74) is 2.72. The Labute approximate surface area is 149 Å². The highest BCUT2D eigenvalue weighted by Crippen LogP contribution is 2.19. The van der Waals surface area contributed by atoms with Crippen molar-refractivity contribution in [3.05, 3.63) is 66.4 Å². The summed E-state index contributed by atoms with van der Waals surface area (Å²) in [6.45, 7) is 0.562. The molecule has 0 saturated heterocycles. The van der Waals surface area contributed by atoms with E-state index in [9.17, 15) is 4.79 Å². The van der Waals surface area contributed by atoms with Crippen LogP contribution in [0.5, 0.6) is 0 Å². The second-order valence-electron chi connectivity index (χ2n) is 5.83. The topological polar surface area (TPSA) is 90.0 Å². The number of pyridine rings is 1. The maximum absolute atomic E-state index is 11.7. The highest BCUT2D eigenvalue weighted by molar-refractivity contribution is 5.77. The van der Waals surface area contributed by atoms with E-state index in [2.05, 4.69) is 25.5 Å². The quantitative estimate of drug-likeness (QED) is 0.588. The van der Waals surface area contributed by atoms with E-state index >= 15 is 0 Å². The molecular weight excluding hydrogens is 330 g/mol. The van der Waals surface area contributed by atoms with Gasteiger partial charge in [0.2, 0.25) is 5.91 Å². The van der Waals surface area contributed by atoms with Crippen LogP contribution in [0.3, 0.4) is 0 Å². The van der Waals surface area contributed by atoms with Crippen molar-refractivity contribution in [2.75, 3.05) is 7.05 Å². The lowest BCUT2D eigenvalue weighted by molar-refractivity contribution is -0.120. The van der Waals surface area contributed by atoms with Gasteiger partial charge in [0, 0.05) is 18.8 Å². The number of carbonyl (C=O) groups excluding carboxylic acids is 1. The van der Waals surface area contributed by atoms with Gasteiger partial charge in [-0.3, -0.25) is 4.79 Å². The Kier molecular flexibility index (Phi) is 4.14. The van der Waals surface area contributed by atoms with Crippen molar-refractivity contribution in [1.82, 2.24) is 34.7 Å². The van der Waals surface area contributed by atoms with Crippen LogP contribution in [-0.4, -0.2) is 42.3 Å². The molecule has 3 heterocycles. The van der Waals surface area contributed by atoms with Crippen molar-refractivity contribution >= 4 is 11.6 Å². The number of rotatable bonds is 5. The zero-order valence-corrected chi connectivity index (χ0v) is 14.2. The number of fused-ring (bicyclic) bond motifs is 1. The number of benzene rings is 1. The number of carbonyl (C=O) groups is 1. The molecule has 0 spiro atoms.